The fourth-order valence-electron chi connectivity index (χ4n) is 2.98. The summed E-state index contributed by atoms with van der Waals surface area (Å²) >= 11 is 0. The van der Waals surface area contributed by atoms with Crippen LogP contribution in [0.1, 0.15) is 24.0 Å². The summed E-state index contributed by atoms with van der Waals surface area (Å²) in [7, 11) is 0. The number of amides is 1. The number of aromatic nitrogens is 1. The number of hydrogen-bond acceptors (Lipinski definition) is 4. The number of halogens is 1. The molecule has 1 saturated heterocycles. The van der Waals surface area contributed by atoms with E-state index in [2.05, 4.69) is 21.3 Å². The minimum absolute atomic E-state index is 0.0322. The predicted octanol–water partition coefficient (Wildman–Crippen LogP) is 3.26. The summed E-state index contributed by atoms with van der Waals surface area (Å²) in [4.78, 5) is 18.8. The van der Waals surface area contributed by atoms with Gasteiger partial charge in [0.2, 0.25) is 5.91 Å². The summed E-state index contributed by atoms with van der Waals surface area (Å²) in [6.45, 7) is 3.37. The molecular formula is C19H19FN4O. The van der Waals surface area contributed by atoms with Gasteiger partial charge in [0, 0.05) is 30.9 Å². The first kappa shape index (κ1) is 16.9. The highest BCUT2D eigenvalue weighted by Gasteiger charge is 2.25. The lowest BCUT2D eigenvalue weighted by atomic mass is 9.95. The van der Waals surface area contributed by atoms with E-state index in [0.29, 0.717) is 11.3 Å². The lowest BCUT2D eigenvalue weighted by molar-refractivity contribution is -0.120. The number of pyridine rings is 1. The average molecular weight is 338 g/mol. The van der Waals surface area contributed by atoms with Crippen molar-refractivity contribution in [3.05, 3.63) is 53.5 Å². The lowest BCUT2D eigenvalue weighted by Crippen LogP contribution is -2.38. The number of benzene rings is 1. The molecule has 5 nitrogen and oxygen atoms in total. The van der Waals surface area contributed by atoms with Gasteiger partial charge in [0.1, 0.15) is 17.7 Å². The van der Waals surface area contributed by atoms with E-state index < -0.39 is 0 Å². The van der Waals surface area contributed by atoms with Crippen LogP contribution in [0.5, 0.6) is 0 Å². The standard InChI is InChI=1S/C19H19FN4O/c1-13-10-18(22-12-15(13)11-21)24-8-6-14(7-9-24)19(25)23-17-4-2-16(20)3-5-17/h2-5,10,12,14H,6-9H2,1H3,(H,23,25). The summed E-state index contributed by atoms with van der Waals surface area (Å²) in [5.41, 5.74) is 2.10. The molecule has 0 spiro atoms. The van der Waals surface area contributed by atoms with Gasteiger partial charge in [-0.2, -0.15) is 5.26 Å². The van der Waals surface area contributed by atoms with Gasteiger partial charge in [-0.15, -0.1) is 0 Å². The van der Waals surface area contributed by atoms with Crippen molar-refractivity contribution in [3.8, 4) is 6.07 Å². The molecule has 2 aromatic rings. The Balaban J connectivity index is 1.58. The van der Waals surface area contributed by atoms with Crippen molar-refractivity contribution in [1.82, 2.24) is 4.98 Å². The largest absolute Gasteiger partial charge is 0.357 e. The molecule has 3 rings (SSSR count). The van der Waals surface area contributed by atoms with Crippen molar-refractivity contribution in [1.29, 1.82) is 5.26 Å². The molecule has 1 fully saturated rings. The van der Waals surface area contributed by atoms with Crippen LogP contribution < -0.4 is 10.2 Å². The fourth-order valence-corrected chi connectivity index (χ4v) is 2.98. The summed E-state index contributed by atoms with van der Waals surface area (Å²) in [5.74, 6) is 0.418. The highest BCUT2D eigenvalue weighted by atomic mass is 19.1. The topological polar surface area (TPSA) is 69.0 Å². The Bertz CT molecular complexity index is 805. The molecule has 1 aromatic carbocycles. The number of aryl methyl sites for hydroxylation is 1. The van der Waals surface area contributed by atoms with Gasteiger partial charge in [-0.25, -0.2) is 9.37 Å². The second-order valence-electron chi connectivity index (χ2n) is 6.23. The minimum Gasteiger partial charge on any atom is -0.357 e. The Morgan fingerprint density at radius 1 is 1.32 bits per heavy atom. The molecule has 0 saturated carbocycles. The molecule has 128 valence electrons. The van der Waals surface area contributed by atoms with E-state index in [9.17, 15) is 9.18 Å². The van der Waals surface area contributed by atoms with Gasteiger partial charge in [0.15, 0.2) is 0 Å². The maximum atomic E-state index is 12.9. The zero-order chi connectivity index (χ0) is 17.8. The van der Waals surface area contributed by atoms with Crippen LogP contribution in [0.4, 0.5) is 15.9 Å². The Kier molecular flexibility index (Phi) is 4.94. The number of rotatable bonds is 3. The van der Waals surface area contributed by atoms with E-state index in [-0.39, 0.29) is 17.6 Å². The van der Waals surface area contributed by atoms with Crippen LogP contribution in [0.25, 0.3) is 0 Å². The second-order valence-corrected chi connectivity index (χ2v) is 6.23. The number of carbonyl (C=O) groups excluding carboxylic acids is 1. The van der Waals surface area contributed by atoms with Crippen LogP contribution in [0.2, 0.25) is 0 Å². The number of nitriles is 1. The van der Waals surface area contributed by atoms with Crippen LogP contribution in [0.3, 0.4) is 0 Å². The van der Waals surface area contributed by atoms with Crippen molar-refractivity contribution in [2.75, 3.05) is 23.3 Å². The highest BCUT2D eigenvalue weighted by Crippen LogP contribution is 2.24. The first-order chi connectivity index (χ1) is 12.1. The third kappa shape index (κ3) is 3.94. The average Bonchev–Trinajstić information content (AvgIpc) is 2.63. The molecule has 1 aromatic heterocycles. The molecule has 0 unspecified atom stereocenters. The van der Waals surface area contributed by atoms with Crippen LogP contribution >= 0.6 is 0 Å². The van der Waals surface area contributed by atoms with Crippen molar-refractivity contribution in [2.24, 2.45) is 5.92 Å². The van der Waals surface area contributed by atoms with Gasteiger partial charge in [-0.05, 0) is 55.7 Å². The quantitative estimate of drug-likeness (QED) is 0.933. The van der Waals surface area contributed by atoms with Crippen LogP contribution in [0.15, 0.2) is 36.5 Å². The molecule has 1 amide bonds. The van der Waals surface area contributed by atoms with Gasteiger partial charge >= 0.3 is 0 Å². The molecule has 0 aliphatic carbocycles. The van der Waals surface area contributed by atoms with Crippen molar-refractivity contribution in [2.45, 2.75) is 19.8 Å². The molecule has 1 aliphatic heterocycles. The fraction of sp³-hybridized carbons (Fsp3) is 0.316. The minimum atomic E-state index is -0.323. The van der Waals surface area contributed by atoms with Crippen molar-refractivity contribution < 1.29 is 9.18 Å². The van der Waals surface area contributed by atoms with Gasteiger partial charge in [0.25, 0.3) is 0 Å². The van der Waals surface area contributed by atoms with Crippen LogP contribution in [-0.2, 0) is 4.79 Å². The van der Waals surface area contributed by atoms with E-state index in [4.69, 9.17) is 5.26 Å². The second kappa shape index (κ2) is 7.31. The Morgan fingerprint density at radius 3 is 2.60 bits per heavy atom. The molecule has 0 radical (unpaired) electrons. The first-order valence-electron chi connectivity index (χ1n) is 8.25. The van der Waals surface area contributed by atoms with Crippen molar-refractivity contribution >= 4 is 17.4 Å². The van der Waals surface area contributed by atoms with E-state index in [0.717, 1.165) is 37.3 Å². The zero-order valence-corrected chi connectivity index (χ0v) is 14.0. The molecule has 2 heterocycles. The lowest BCUT2D eigenvalue weighted by Gasteiger charge is -2.32. The molecule has 0 atom stereocenters. The van der Waals surface area contributed by atoms with Crippen LogP contribution in [-0.4, -0.2) is 24.0 Å². The SMILES string of the molecule is Cc1cc(N2CCC(C(=O)Nc3ccc(F)cc3)CC2)ncc1C#N. The van der Waals surface area contributed by atoms with E-state index >= 15 is 0 Å². The molecule has 1 aliphatic rings. The predicted molar refractivity (Wildman–Crippen MR) is 93.7 cm³/mol. The summed E-state index contributed by atoms with van der Waals surface area (Å²) in [6, 6.07) is 9.81. The molecule has 6 heteroatoms. The van der Waals surface area contributed by atoms with Gasteiger partial charge in [-0.3, -0.25) is 4.79 Å². The Hall–Kier alpha value is -2.94. The van der Waals surface area contributed by atoms with E-state index in [1.807, 2.05) is 13.0 Å². The Labute approximate surface area is 146 Å². The maximum absolute atomic E-state index is 12.9. The Morgan fingerprint density at radius 2 is 2.00 bits per heavy atom. The monoisotopic (exact) mass is 338 g/mol. The third-order valence-corrected chi connectivity index (χ3v) is 4.52. The third-order valence-electron chi connectivity index (χ3n) is 4.52. The van der Waals surface area contributed by atoms with Gasteiger partial charge in [0.05, 0.1) is 5.56 Å². The number of nitrogens with zero attached hydrogens (tertiary/aromatic N) is 3. The van der Waals surface area contributed by atoms with Crippen LogP contribution in [0, 0.1) is 30.0 Å². The smallest absolute Gasteiger partial charge is 0.227 e. The van der Waals surface area contributed by atoms with Gasteiger partial charge in [-0.1, -0.05) is 0 Å². The number of nitrogens with one attached hydrogen (secondary N) is 1. The summed E-state index contributed by atoms with van der Waals surface area (Å²) in [6.07, 6.45) is 3.06. The van der Waals surface area contributed by atoms with Gasteiger partial charge < -0.3 is 10.2 Å². The summed E-state index contributed by atoms with van der Waals surface area (Å²) < 4.78 is 12.9. The normalized spacial score (nSPS) is 14.8. The van der Waals surface area contributed by atoms with Crippen molar-refractivity contribution in [3.63, 3.8) is 0 Å². The molecule has 0 bridgehead atoms. The summed E-state index contributed by atoms with van der Waals surface area (Å²) in [5, 5.41) is 11.8. The number of anilines is 2. The highest BCUT2D eigenvalue weighted by molar-refractivity contribution is 5.92. The number of hydrogen-bond donors (Lipinski definition) is 1. The molecule has 25 heavy (non-hydrogen) atoms. The zero-order valence-electron chi connectivity index (χ0n) is 14.0. The number of carbonyl (C=O) groups is 1. The van der Waals surface area contributed by atoms with E-state index in [1.54, 1.807) is 18.3 Å². The number of piperidine rings is 1. The first-order valence-corrected chi connectivity index (χ1v) is 8.25. The van der Waals surface area contributed by atoms with E-state index in [1.165, 1.54) is 12.1 Å². The molecule has 1 N–H and O–H groups in total. The molecular weight excluding hydrogens is 319 g/mol. The maximum Gasteiger partial charge on any atom is 0.227 e.